The van der Waals surface area contributed by atoms with Gasteiger partial charge in [0.05, 0.1) is 26.8 Å². The molecule has 1 aromatic carbocycles. The summed E-state index contributed by atoms with van der Waals surface area (Å²) in [7, 11) is 5.17. The fourth-order valence-electron chi connectivity index (χ4n) is 1.95. The van der Waals surface area contributed by atoms with Crippen LogP contribution in [0.25, 0.3) is 0 Å². The summed E-state index contributed by atoms with van der Waals surface area (Å²) >= 11 is 0. The highest BCUT2D eigenvalue weighted by atomic mass is 16.5. The van der Waals surface area contributed by atoms with Crippen molar-refractivity contribution in [3.63, 3.8) is 0 Å². The Morgan fingerprint density at radius 1 is 1.26 bits per heavy atom. The van der Waals surface area contributed by atoms with E-state index in [0.717, 1.165) is 17.1 Å². The molecule has 6 heteroatoms. The van der Waals surface area contributed by atoms with Gasteiger partial charge in [0.1, 0.15) is 12.7 Å². The number of aromatic nitrogens is 3. The van der Waals surface area contributed by atoms with Gasteiger partial charge in [-0.3, -0.25) is 4.68 Å². The Labute approximate surface area is 112 Å². The lowest BCUT2D eigenvalue weighted by atomic mass is 10.1. The van der Waals surface area contributed by atoms with E-state index in [1.807, 2.05) is 25.2 Å². The van der Waals surface area contributed by atoms with E-state index in [4.69, 9.17) is 9.47 Å². The third kappa shape index (κ3) is 3.03. The molecule has 0 radical (unpaired) electrons. The molecule has 0 saturated carbocycles. The number of ether oxygens (including phenoxy) is 2. The topological polar surface area (TPSA) is 61.2 Å². The quantitative estimate of drug-likeness (QED) is 0.849. The first kappa shape index (κ1) is 13.4. The number of nitrogens with zero attached hydrogens (tertiary/aromatic N) is 3. The van der Waals surface area contributed by atoms with Crippen LogP contribution in [0.2, 0.25) is 0 Å². The number of rotatable bonds is 6. The molecule has 0 aliphatic heterocycles. The average molecular weight is 262 g/mol. The summed E-state index contributed by atoms with van der Waals surface area (Å²) in [5.74, 6) is 1.45. The molecule has 1 aromatic heterocycles. The number of hydrogen-bond acceptors (Lipinski definition) is 5. The molecule has 0 aliphatic carbocycles. The maximum atomic E-state index is 5.32. The number of nitrogens with one attached hydrogen (secondary N) is 1. The van der Waals surface area contributed by atoms with E-state index in [2.05, 4.69) is 15.4 Å². The van der Waals surface area contributed by atoms with Gasteiger partial charge in [-0.05, 0) is 24.7 Å². The molecule has 0 amide bonds. The lowest BCUT2D eigenvalue weighted by Gasteiger charge is -2.18. The van der Waals surface area contributed by atoms with E-state index >= 15 is 0 Å². The highest BCUT2D eigenvalue weighted by molar-refractivity contribution is 5.43. The van der Waals surface area contributed by atoms with Crippen LogP contribution in [0.3, 0.4) is 0 Å². The van der Waals surface area contributed by atoms with Gasteiger partial charge in [-0.1, -0.05) is 6.07 Å². The Kier molecular flexibility index (Phi) is 4.35. The summed E-state index contributed by atoms with van der Waals surface area (Å²) in [6.45, 7) is 0.700. The van der Waals surface area contributed by atoms with Crippen molar-refractivity contribution in [1.82, 2.24) is 20.1 Å². The van der Waals surface area contributed by atoms with E-state index in [0.29, 0.717) is 6.54 Å². The SMILES string of the molecule is CNC(Cn1cncn1)c1ccc(OC)c(OC)c1. The molecule has 1 N–H and O–H groups in total. The van der Waals surface area contributed by atoms with Gasteiger partial charge in [-0.15, -0.1) is 0 Å². The van der Waals surface area contributed by atoms with Gasteiger partial charge >= 0.3 is 0 Å². The Hall–Kier alpha value is -2.08. The van der Waals surface area contributed by atoms with Crippen LogP contribution in [-0.4, -0.2) is 36.0 Å². The van der Waals surface area contributed by atoms with Crippen LogP contribution >= 0.6 is 0 Å². The predicted molar refractivity (Wildman–Crippen MR) is 71.4 cm³/mol. The van der Waals surface area contributed by atoms with E-state index in [1.54, 1.807) is 25.2 Å². The van der Waals surface area contributed by atoms with Crippen LogP contribution in [0.15, 0.2) is 30.9 Å². The van der Waals surface area contributed by atoms with E-state index in [-0.39, 0.29) is 6.04 Å². The summed E-state index contributed by atoms with van der Waals surface area (Å²) in [6, 6.07) is 6.01. The number of methoxy groups -OCH3 is 2. The molecule has 1 heterocycles. The van der Waals surface area contributed by atoms with Crippen molar-refractivity contribution in [2.24, 2.45) is 0 Å². The van der Waals surface area contributed by atoms with Gasteiger partial charge in [0, 0.05) is 0 Å². The van der Waals surface area contributed by atoms with Crippen molar-refractivity contribution < 1.29 is 9.47 Å². The second-order valence-corrected chi connectivity index (χ2v) is 4.07. The van der Waals surface area contributed by atoms with Gasteiger partial charge in [-0.2, -0.15) is 5.10 Å². The Bertz CT molecular complexity index is 513. The van der Waals surface area contributed by atoms with Gasteiger partial charge in [0.25, 0.3) is 0 Å². The van der Waals surface area contributed by atoms with Crippen LogP contribution in [0, 0.1) is 0 Å². The van der Waals surface area contributed by atoms with Gasteiger partial charge < -0.3 is 14.8 Å². The third-order valence-corrected chi connectivity index (χ3v) is 2.99. The molecule has 0 saturated heterocycles. The Morgan fingerprint density at radius 3 is 2.63 bits per heavy atom. The van der Waals surface area contributed by atoms with Crippen LogP contribution < -0.4 is 14.8 Å². The van der Waals surface area contributed by atoms with E-state index in [9.17, 15) is 0 Å². The standard InChI is InChI=1S/C13H18N4O2/c1-14-11(7-17-9-15-8-16-17)10-4-5-12(18-2)13(6-10)19-3/h4-6,8-9,11,14H,7H2,1-3H3. The molecule has 1 atom stereocenters. The molecule has 102 valence electrons. The van der Waals surface area contributed by atoms with Gasteiger partial charge in [0.15, 0.2) is 11.5 Å². The third-order valence-electron chi connectivity index (χ3n) is 2.99. The van der Waals surface area contributed by atoms with Crippen molar-refractivity contribution in [3.8, 4) is 11.5 Å². The summed E-state index contributed by atoms with van der Waals surface area (Å²) in [5, 5.41) is 7.38. The van der Waals surface area contributed by atoms with E-state index < -0.39 is 0 Å². The number of hydrogen-bond donors (Lipinski definition) is 1. The number of benzene rings is 1. The predicted octanol–water partition coefficient (Wildman–Crippen LogP) is 1.26. The zero-order valence-corrected chi connectivity index (χ0v) is 11.3. The van der Waals surface area contributed by atoms with Gasteiger partial charge in [-0.25, -0.2) is 4.98 Å². The molecular formula is C13H18N4O2. The molecular weight excluding hydrogens is 244 g/mol. The molecule has 6 nitrogen and oxygen atoms in total. The minimum absolute atomic E-state index is 0.126. The summed E-state index contributed by atoms with van der Waals surface area (Å²) in [6.07, 6.45) is 3.23. The molecule has 2 aromatic rings. The molecule has 19 heavy (non-hydrogen) atoms. The molecule has 1 unspecified atom stereocenters. The Morgan fingerprint density at radius 2 is 2.05 bits per heavy atom. The van der Waals surface area contributed by atoms with Crippen LogP contribution in [0.5, 0.6) is 11.5 Å². The zero-order valence-electron chi connectivity index (χ0n) is 11.3. The van der Waals surface area contributed by atoms with Crippen molar-refractivity contribution in [3.05, 3.63) is 36.4 Å². The fourth-order valence-corrected chi connectivity index (χ4v) is 1.95. The summed E-state index contributed by atoms with van der Waals surface area (Å²) < 4.78 is 12.3. The largest absolute Gasteiger partial charge is 0.493 e. The normalized spacial score (nSPS) is 12.2. The highest BCUT2D eigenvalue weighted by Gasteiger charge is 2.13. The fraction of sp³-hybridized carbons (Fsp3) is 0.385. The number of likely N-dealkylation sites (N-methyl/N-ethyl adjacent to an activating group) is 1. The van der Waals surface area contributed by atoms with Crippen LogP contribution in [0.4, 0.5) is 0 Å². The molecule has 0 fully saturated rings. The first-order valence-electron chi connectivity index (χ1n) is 6.00. The summed E-state index contributed by atoms with van der Waals surface area (Å²) in [5.41, 5.74) is 1.11. The van der Waals surface area contributed by atoms with Crippen molar-refractivity contribution in [2.45, 2.75) is 12.6 Å². The molecule has 0 aliphatic rings. The minimum atomic E-state index is 0.126. The zero-order chi connectivity index (χ0) is 13.7. The van der Waals surface area contributed by atoms with Crippen molar-refractivity contribution in [2.75, 3.05) is 21.3 Å². The smallest absolute Gasteiger partial charge is 0.161 e. The molecule has 0 bridgehead atoms. The maximum absolute atomic E-state index is 5.32. The van der Waals surface area contributed by atoms with Crippen LogP contribution in [0.1, 0.15) is 11.6 Å². The summed E-state index contributed by atoms with van der Waals surface area (Å²) in [4.78, 5) is 3.94. The first-order chi connectivity index (χ1) is 9.28. The Balaban J connectivity index is 2.23. The van der Waals surface area contributed by atoms with Crippen molar-refractivity contribution in [1.29, 1.82) is 0 Å². The maximum Gasteiger partial charge on any atom is 0.161 e. The lowest BCUT2D eigenvalue weighted by molar-refractivity contribution is 0.353. The molecule has 0 spiro atoms. The monoisotopic (exact) mass is 262 g/mol. The molecule has 2 rings (SSSR count). The van der Waals surface area contributed by atoms with Crippen molar-refractivity contribution >= 4 is 0 Å². The first-order valence-corrected chi connectivity index (χ1v) is 6.00. The van der Waals surface area contributed by atoms with E-state index in [1.165, 1.54) is 6.33 Å². The highest BCUT2D eigenvalue weighted by Crippen LogP contribution is 2.30. The van der Waals surface area contributed by atoms with Gasteiger partial charge in [0.2, 0.25) is 0 Å². The second kappa shape index (κ2) is 6.19. The van der Waals surface area contributed by atoms with Crippen LogP contribution in [-0.2, 0) is 6.54 Å². The average Bonchev–Trinajstić information content (AvgIpc) is 2.97. The second-order valence-electron chi connectivity index (χ2n) is 4.07. The minimum Gasteiger partial charge on any atom is -0.493 e. The lowest BCUT2D eigenvalue weighted by Crippen LogP contribution is -2.22.